The summed E-state index contributed by atoms with van der Waals surface area (Å²) in [4.78, 5) is 23.4. The first-order valence-corrected chi connectivity index (χ1v) is 5.86. The lowest BCUT2D eigenvalue weighted by Gasteiger charge is -2.24. The molecule has 1 aliphatic rings. The summed E-state index contributed by atoms with van der Waals surface area (Å²) in [6.45, 7) is 1.86. The molecule has 1 aliphatic carbocycles. The van der Waals surface area contributed by atoms with Crippen LogP contribution in [0, 0.1) is 12.8 Å². The van der Waals surface area contributed by atoms with Crippen LogP contribution in [0.15, 0.2) is 18.2 Å². The molecule has 17 heavy (non-hydrogen) atoms. The summed E-state index contributed by atoms with van der Waals surface area (Å²) in [7, 11) is 1.35. The van der Waals surface area contributed by atoms with Crippen molar-refractivity contribution in [3.63, 3.8) is 0 Å². The van der Waals surface area contributed by atoms with Gasteiger partial charge < -0.3 is 4.74 Å². The smallest absolute Gasteiger partial charge is 0.337 e. The lowest BCUT2D eigenvalue weighted by atomic mass is 9.79. The van der Waals surface area contributed by atoms with Crippen molar-refractivity contribution in [3.8, 4) is 0 Å². The summed E-state index contributed by atoms with van der Waals surface area (Å²) in [6, 6.07) is 5.12. The summed E-state index contributed by atoms with van der Waals surface area (Å²) in [5.74, 6) is 0.0404. The molecule has 1 aromatic carbocycles. The van der Waals surface area contributed by atoms with Gasteiger partial charge in [0.1, 0.15) is 0 Å². The maximum absolute atomic E-state index is 12.1. The van der Waals surface area contributed by atoms with Crippen molar-refractivity contribution >= 4 is 11.8 Å². The maximum atomic E-state index is 12.1. The molecule has 0 bridgehead atoms. The van der Waals surface area contributed by atoms with Crippen LogP contribution in [0.2, 0.25) is 0 Å². The van der Waals surface area contributed by atoms with Crippen LogP contribution in [0.5, 0.6) is 0 Å². The average Bonchev–Trinajstić information content (AvgIpc) is 2.25. The summed E-state index contributed by atoms with van der Waals surface area (Å²) in [6.07, 6.45) is 3.14. The van der Waals surface area contributed by atoms with Gasteiger partial charge in [0.05, 0.1) is 12.7 Å². The minimum absolute atomic E-state index is 0.192. The van der Waals surface area contributed by atoms with Crippen molar-refractivity contribution in [1.29, 1.82) is 0 Å². The molecule has 2 rings (SSSR count). The molecule has 0 amide bonds. The van der Waals surface area contributed by atoms with E-state index in [0.29, 0.717) is 5.56 Å². The van der Waals surface area contributed by atoms with Gasteiger partial charge in [0, 0.05) is 11.5 Å². The minimum Gasteiger partial charge on any atom is -0.465 e. The fraction of sp³-hybridized carbons (Fsp3) is 0.429. The first-order chi connectivity index (χ1) is 8.13. The summed E-state index contributed by atoms with van der Waals surface area (Å²) in [5, 5.41) is 0. The van der Waals surface area contributed by atoms with Crippen LogP contribution < -0.4 is 0 Å². The molecule has 0 spiro atoms. The van der Waals surface area contributed by atoms with E-state index < -0.39 is 0 Å². The van der Waals surface area contributed by atoms with E-state index in [9.17, 15) is 9.59 Å². The topological polar surface area (TPSA) is 43.4 Å². The van der Waals surface area contributed by atoms with E-state index in [2.05, 4.69) is 4.74 Å². The fourth-order valence-electron chi connectivity index (χ4n) is 2.08. The Morgan fingerprint density at radius 2 is 2.00 bits per heavy atom. The first-order valence-electron chi connectivity index (χ1n) is 5.86. The Morgan fingerprint density at radius 1 is 1.29 bits per heavy atom. The Balaban J connectivity index is 2.24. The van der Waals surface area contributed by atoms with E-state index in [-0.39, 0.29) is 17.7 Å². The highest BCUT2D eigenvalue weighted by molar-refractivity contribution is 6.00. The van der Waals surface area contributed by atoms with Crippen molar-refractivity contribution in [3.05, 3.63) is 34.9 Å². The van der Waals surface area contributed by atoms with Crippen molar-refractivity contribution < 1.29 is 14.3 Å². The zero-order valence-corrected chi connectivity index (χ0v) is 10.2. The number of carbonyl (C=O) groups is 2. The standard InChI is InChI=1S/C14H16O3/c1-9-8-11(14(16)17-2)6-7-12(9)13(15)10-4-3-5-10/h6-8,10H,3-5H2,1-2H3. The summed E-state index contributed by atoms with van der Waals surface area (Å²) < 4.78 is 4.65. The molecule has 0 aromatic heterocycles. The molecule has 1 saturated carbocycles. The molecule has 90 valence electrons. The van der Waals surface area contributed by atoms with Crippen molar-refractivity contribution in [1.82, 2.24) is 0 Å². The number of esters is 1. The second-order valence-corrected chi connectivity index (χ2v) is 4.51. The molecule has 0 saturated heterocycles. The predicted octanol–water partition coefficient (Wildman–Crippen LogP) is 2.76. The number of rotatable bonds is 3. The number of hydrogen-bond donors (Lipinski definition) is 0. The third-order valence-electron chi connectivity index (χ3n) is 3.39. The average molecular weight is 232 g/mol. The molecular weight excluding hydrogens is 216 g/mol. The van der Waals surface area contributed by atoms with E-state index in [4.69, 9.17) is 0 Å². The van der Waals surface area contributed by atoms with Gasteiger partial charge in [0.25, 0.3) is 0 Å². The predicted molar refractivity (Wildman–Crippen MR) is 64.2 cm³/mol. The van der Waals surface area contributed by atoms with Crippen LogP contribution in [0.3, 0.4) is 0 Å². The van der Waals surface area contributed by atoms with E-state index in [1.54, 1.807) is 18.2 Å². The van der Waals surface area contributed by atoms with Crippen LogP contribution in [-0.4, -0.2) is 18.9 Å². The highest BCUT2D eigenvalue weighted by atomic mass is 16.5. The largest absolute Gasteiger partial charge is 0.465 e. The Labute approximate surface area is 101 Å². The number of aryl methyl sites for hydroxylation is 1. The van der Waals surface area contributed by atoms with Gasteiger partial charge in [0.2, 0.25) is 0 Å². The van der Waals surface area contributed by atoms with Gasteiger partial charge in [-0.05, 0) is 37.5 Å². The van der Waals surface area contributed by atoms with E-state index in [1.807, 2.05) is 6.92 Å². The molecular formula is C14H16O3. The van der Waals surface area contributed by atoms with Crippen LogP contribution in [0.4, 0.5) is 0 Å². The number of Topliss-reactive ketones (excluding diaryl/α,β-unsaturated/α-hetero) is 1. The second kappa shape index (κ2) is 4.70. The van der Waals surface area contributed by atoms with Gasteiger partial charge in [-0.3, -0.25) is 4.79 Å². The Kier molecular flexibility index (Phi) is 3.27. The Hall–Kier alpha value is -1.64. The number of hydrogen-bond acceptors (Lipinski definition) is 3. The molecule has 3 nitrogen and oxygen atoms in total. The SMILES string of the molecule is COC(=O)c1ccc(C(=O)C2CCC2)c(C)c1. The third kappa shape index (κ3) is 2.23. The van der Waals surface area contributed by atoms with E-state index in [1.165, 1.54) is 7.11 Å². The maximum Gasteiger partial charge on any atom is 0.337 e. The minimum atomic E-state index is -0.365. The highest BCUT2D eigenvalue weighted by Gasteiger charge is 2.27. The molecule has 3 heteroatoms. The normalized spacial score (nSPS) is 15.2. The molecule has 0 N–H and O–H groups in total. The van der Waals surface area contributed by atoms with Gasteiger partial charge in [-0.15, -0.1) is 0 Å². The van der Waals surface area contributed by atoms with Crippen molar-refractivity contribution in [2.75, 3.05) is 7.11 Å². The van der Waals surface area contributed by atoms with Crippen molar-refractivity contribution in [2.24, 2.45) is 5.92 Å². The Bertz CT molecular complexity index is 459. The zero-order valence-electron chi connectivity index (χ0n) is 10.2. The fourth-order valence-corrected chi connectivity index (χ4v) is 2.08. The summed E-state index contributed by atoms with van der Waals surface area (Å²) in [5.41, 5.74) is 2.09. The summed E-state index contributed by atoms with van der Waals surface area (Å²) >= 11 is 0. The number of ether oxygens (including phenoxy) is 1. The molecule has 0 unspecified atom stereocenters. The van der Waals surface area contributed by atoms with Gasteiger partial charge in [-0.1, -0.05) is 12.5 Å². The lowest BCUT2D eigenvalue weighted by Crippen LogP contribution is -2.22. The van der Waals surface area contributed by atoms with Crippen LogP contribution in [0.1, 0.15) is 45.5 Å². The van der Waals surface area contributed by atoms with Crippen LogP contribution >= 0.6 is 0 Å². The van der Waals surface area contributed by atoms with Gasteiger partial charge >= 0.3 is 5.97 Å². The van der Waals surface area contributed by atoms with Gasteiger partial charge in [-0.2, -0.15) is 0 Å². The number of ketones is 1. The number of methoxy groups -OCH3 is 1. The zero-order chi connectivity index (χ0) is 12.4. The van der Waals surface area contributed by atoms with Gasteiger partial charge in [0.15, 0.2) is 5.78 Å². The molecule has 0 heterocycles. The quantitative estimate of drug-likeness (QED) is 0.594. The molecule has 0 aliphatic heterocycles. The second-order valence-electron chi connectivity index (χ2n) is 4.51. The number of carbonyl (C=O) groups excluding carboxylic acids is 2. The molecule has 1 aromatic rings. The Morgan fingerprint density at radius 3 is 2.47 bits per heavy atom. The molecule has 0 atom stereocenters. The van der Waals surface area contributed by atoms with Gasteiger partial charge in [-0.25, -0.2) is 4.79 Å². The van der Waals surface area contributed by atoms with Crippen LogP contribution in [0.25, 0.3) is 0 Å². The molecule has 1 fully saturated rings. The number of benzene rings is 1. The van der Waals surface area contributed by atoms with Crippen LogP contribution in [-0.2, 0) is 4.74 Å². The van der Waals surface area contributed by atoms with Crippen molar-refractivity contribution in [2.45, 2.75) is 26.2 Å². The lowest BCUT2D eigenvalue weighted by molar-refractivity contribution is 0.0600. The monoisotopic (exact) mass is 232 g/mol. The third-order valence-corrected chi connectivity index (χ3v) is 3.39. The molecule has 0 radical (unpaired) electrons. The van der Waals surface area contributed by atoms with E-state index in [0.717, 1.165) is 30.4 Å². The highest BCUT2D eigenvalue weighted by Crippen LogP contribution is 2.30. The first kappa shape index (κ1) is 11.8. The van der Waals surface area contributed by atoms with E-state index >= 15 is 0 Å².